The van der Waals surface area contributed by atoms with Gasteiger partial charge in [-0.3, -0.25) is 11.3 Å². The van der Waals surface area contributed by atoms with E-state index in [1.54, 1.807) is 0 Å². The predicted molar refractivity (Wildman–Crippen MR) is 52.9 cm³/mol. The zero-order valence-electron chi connectivity index (χ0n) is 5.77. The maximum atomic E-state index is 5.17. The monoisotopic (exact) mass is 278 g/mol. The molecule has 3 N–H and O–H groups in total. The van der Waals surface area contributed by atoms with Crippen molar-refractivity contribution in [2.75, 3.05) is 0 Å². The number of hydrazine groups is 1. The number of halogens is 2. The van der Waals surface area contributed by atoms with E-state index in [4.69, 9.17) is 5.84 Å². The van der Waals surface area contributed by atoms with Crippen molar-refractivity contribution in [3.8, 4) is 0 Å². The van der Waals surface area contributed by atoms with Crippen molar-refractivity contribution in [2.45, 2.75) is 6.54 Å². The molecule has 0 aliphatic rings. The van der Waals surface area contributed by atoms with Gasteiger partial charge in [0.2, 0.25) is 0 Å². The van der Waals surface area contributed by atoms with Crippen molar-refractivity contribution in [2.24, 2.45) is 5.84 Å². The Labute approximate surface area is 82.4 Å². The van der Waals surface area contributed by atoms with Gasteiger partial charge in [0.1, 0.15) is 0 Å². The second-order valence-corrected chi connectivity index (χ2v) is 3.84. The topological polar surface area (TPSA) is 38.0 Å². The van der Waals surface area contributed by atoms with E-state index in [9.17, 15) is 0 Å². The SMILES string of the molecule is NNCc1ccc(Br)c(Br)c1. The highest BCUT2D eigenvalue weighted by Crippen LogP contribution is 2.23. The standard InChI is InChI=1S/C7H8Br2N2/c8-6-2-1-5(4-11-10)3-7(6)9/h1-3,11H,4,10H2. The molecule has 0 saturated heterocycles. The van der Waals surface area contributed by atoms with Crippen molar-refractivity contribution < 1.29 is 0 Å². The second kappa shape index (κ2) is 4.21. The summed E-state index contributed by atoms with van der Waals surface area (Å²) in [5, 5.41) is 0. The zero-order chi connectivity index (χ0) is 8.27. The van der Waals surface area contributed by atoms with Crippen LogP contribution in [0.2, 0.25) is 0 Å². The summed E-state index contributed by atoms with van der Waals surface area (Å²) in [6, 6.07) is 6.01. The first-order chi connectivity index (χ1) is 5.24. The lowest BCUT2D eigenvalue weighted by molar-refractivity contribution is 0.741. The van der Waals surface area contributed by atoms with Gasteiger partial charge in [0.05, 0.1) is 0 Å². The molecule has 0 atom stereocenters. The fraction of sp³-hybridized carbons (Fsp3) is 0.143. The number of hydrogen-bond donors (Lipinski definition) is 2. The first kappa shape index (κ1) is 9.19. The lowest BCUT2D eigenvalue weighted by atomic mass is 10.2. The van der Waals surface area contributed by atoms with Crippen LogP contribution in [0.15, 0.2) is 27.1 Å². The van der Waals surface area contributed by atoms with Crippen molar-refractivity contribution in [3.05, 3.63) is 32.7 Å². The molecule has 0 aliphatic carbocycles. The molecule has 0 bridgehead atoms. The first-order valence-electron chi connectivity index (χ1n) is 3.11. The molecule has 0 spiro atoms. The predicted octanol–water partition coefficient (Wildman–Crippen LogP) is 2.17. The van der Waals surface area contributed by atoms with E-state index < -0.39 is 0 Å². The highest BCUT2D eigenvalue weighted by Gasteiger charge is 1.96. The Morgan fingerprint density at radius 2 is 2.00 bits per heavy atom. The Balaban J connectivity index is 2.86. The van der Waals surface area contributed by atoms with Crippen LogP contribution in [0.3, 0.4) is 0 Å². The Morgan fingerprint density at radius 1 is 1.27 bits per heavy atom. The number of hydrogen-bond acceptors (Lipinski definition) is 2. The van der Waals surface area contributed by atoms with E-state index in [1.165, 1.54) is 0 Å². The van der Waals surface area contributed by atoms with E-state index in [0.717, 1.165) is 14.5 Å². The highest BCUT2D eigenvalue weighted by molar-refractivity contribution is 9.13. The Hall–Kier alpha value is 0.1000. The Morgan fingerprint density at radius 3 is 2.55 bits per heavy atom. The average molecular weight is 280 g/mol. The summed E-state index contributed by atoms with van der Waals surface area (Å²) in [6.07, 6.45) is 0. The third-order valence-corrected chi connectivity index (χ3v) is 3.17. The van der Waals surface area contributed by atoms with Crippen LogP contribution in [-0.2, 0) is 6.54 Å². The molecule has 2 nitrogen and oxygen atoms in total. The molecule has 1 rings (SSSR count). The van der Waals surface area contributed by atoms with E-state index >= 15 is 0 Å². The first-order valence-corrected chi connectivity index (χ1v) is 4.70. The van der Waals surface area contributed by atoms with Gasteiger partial charge in [-0.1, -0.05) is 6.07 Å². The zero-order valence-corrected chi connectivity index (χ0v) is 8.94. The third kappa shape index (κ3) is 2.56. The van der Waals surface area contributed by atoms with Crippen LogP contribution in [0, 0.1) is 0 Å². The van der Waals surface area contributed by atoms with Crippen molar-refractivity contribution in [3.63, 3.8) is 0 Å². The van der Waals surface area contributed by atoms with Gasteiger partial charge in [-0.05, 0) is 49.6 Å². The van der Waals surface area contributed by atoms with E-state index in [0.29, 0.717) is 6.54 Å². The molecule has 1 aromatic carbocycles. The molecule has 0 heterocycles. The summed E-state index contributed by atoms with van der Waals surface area (Å²) in [7, 11) is 0. The minimum absolute atomic E-state index is 0.686. The number of benzene rings is 1. The van der Waals surface area contributed by atoms with Crippen LogP contribution in [0.25, 0.3) is 0 Å². The molecule has 11 heavy (non-hydrogen) atoms. The molecule has 0 amide bonds. The molecular formula is C7H8Br2N2. The second-order valence-electron chi connectivity index (χ2n) is 2.13. The molecular weight excluding hydrogens is 272 g/mol. The van der Waals surface area contributed by atoms with E-state index in [1.807, 2.05) is 18.2 Å². The normalized spacial score (nSPS) is 10.1. The largest absolute Gasteiger partial charge is 0.271 e. The molecule has 0 unspecified atom stereocenters. The Kier molecular flexibility index (Phi) is 3.51. The fourth-order valence-corrected chi connectivity index (χ4v) is 1.44. The van der Waals surface area contributed by atoms with Crippen LogP contribution in [-0.4, -0.2) is 0 Å². The van der Waals surface area contributed by atoms with Gasteiger partial charge in [-0.15, -0.1) is 0 Å². The smallest absolute Gasteiger partial charge is 0.0349 e. The van der Waals surface area contributed by atoms with Crippen LogP contribution in [0.5, 0.6) is 0 Å². The summed E-state index contributed by atoms with van der Waals surface area (Å²) in [6.45, 7) is 0.686. The number of rotatable bonds is 2. The van der Waals surface area contributed by atoms with Gasteiger partial charge < -0.3 is 0 Å². The molecule has 1 aromatic rings. The van der Waals surface area contributed by atoms with Gasteiger partial charge in [-0.25, -0.2) is 0 Å². The molecule has 0 fully saturated rings. The molecule has 4 heteroatoms. The van der Waals surface area contributed by atoms with Crippen LogP contribution >= 0.6 is 31.9 Å². The van der Waals surface area contributed by atoms with E-state index in [-0.39, 0.29) is 0 Å². The van der Waals surface area contributed by atoms with Crippen molar-refractivity contribution in [1.29, 1.82) is 0 Å². The quantitative estimate of drug-likeness (QED) is 0.643. The number of nitrogens with one attached hydrogen (secondary N) is 1. The van der Waals surface area contributed by atoms with Gasteiger partial charge in [0, 0.05) is 15.5 Å². The van der Waals surface area contributed by atoms with Crippen LogP contribution in [0.4, 0.5) is 0 Å². The summed E-state index contributed by atoms with van der Waals surface area (Å²) in [5.41, 5.74) is 3.75. The van der Waals surface area contributed by atoms with Gasteiger partial charge in [-0.2, -0.15) is 0 Å². The van der Waals surface area contributed by atoms with Crippen LogP contribution in [0.1, 0.15) is 5.56 Å². The van der Waals surface area contributed by atoms with Crippen LogP contribution < -0.4 is 11.3 Å². The average Bonchev–Trinajstić information content (AvgIpc) is 1.98. The highest BCUT2D eigenvalue weighted by atomic mass is 79.9. The van der Waals surface area contributed by atoms with Gasteiger partial charge >= 0.3 is 0 Å². The maximum Gasteiger partial charge on any atom is 0.0349 e. The maximum absolute atomic E-state index is 5.17. The minimum Gasteiger partial charge on any atom is -0.271 e. The van der Waals surface area contributed by atoms with Crippen molar-refractivity contribution >= 4 is 31.9 Å². The number of nitrogens with two attached hydrogens (primary N) is 1. The van der Waals surface area contributed by atoms with Gasteiger partial charge in [0.15, 0.2) is 0 Å². The molecule has 0 saturated carbocycles. The lowest BCUT2D eigenvalue weighted by Gasteiger charge is -2.01. The summed E-state index contributed by atoms with van der Waals surface area (Å²) >= 11 is 6.78. The van der Waals surface area contributed by atoms with E-state index in [2.05, 4.69) is 37.3 Å². The molecule has 0 aliphatic heterocycles. The molecule has 60 valence electrons. The fourth-order valence-electron chi connectivity index (χ4n) is 0.767. The summed E-state index contributed by atoms with van der Waals surface area (Å²) < 4.78 is 2.10. The third-order valence-electron chi connectivity index (χ3n) is 1.29. The van der Waals surface area contributed by atoms with Gasteiger partial charge in [0.25, 0.3) is 0 Å². The summed E-state index contributed by atoms with van der Waals surface area (Å²) in [4.78, 5) is 0. The summed E-state index contributed by atoms with van der Waals surface area (Å²) in [5.74, 6) is 5.17. The molecule has 0 aromatic heterocycles. The molecule has 0 radical (unpaired) electrons. The minimum atomic E-state index is 0.686. The lowest BCUT2D eigenvalue weighted by Crippen LogP contribution is -2.20. The Bertz CT molecular complexity index is 250. The van der Waals surface area contributed by atoms with Crippen molar-refractivity contribution in [1.82, 2.24) is 5.43 Å².